The largest absolute Gasteiger partial charge is 0.366 e. The molecule has 0 amide bonds. The first kappa shape index (κ1) is 11.4. The van der Waals surface area contributed by atoms with E-state index in [2.05, 4.69) is 0 Å². The fourth-order valence-electron chi connectivity index (χ4n) is 0.281. The summed E-state index contributed by atoms with van der Waals surface area (Å²) in [5.41, 5.74) is 0. The predicted octanol–water partition coefficient (Wildman–Crippen LogP) is 2.02. The summed E-state index contributed by atoms with van der Waals surface area (Å²) in [6, 6.07) is 0. The summed E-state index contributed by atoms with van der Waals surface area (Å²) in [5, 5.41) is 8.78. The molecule has 0 aliphatic rings. The highest BCUT2D eigenvalue weighted by molar-refractivity contribution is 7.33. The Kier molecular flexibility index (Phi) is 8.82. The summed E-state index contributed by atoms with van der Waals surface area (Å²) in [7, 11) is 0.573. The average molecular weight is 215 g/mol. The van der Waals surface area contributed by atoms with Crippen molar-refractivity contribution in [3.8, 4) is 0 Å². The number of halogens is 2. The van der Waals surface area contributed by atoms with E-state index in [-0.39, 0.29) is 5.88 Å². The Balaban J connectivity index is 3.36. The molecule has 0 aliphatic heterocycles. The number of hydrogen-bond donors (Lipinski definition) is 1. The summed E-state index contributed by atoms with van der Waals surface area (Å²) < 4.78 is 4.78. The minimum Gasteiger partial charge on any atom is -0.366 e. The van der Waals surface area contributed by atoms with Crippen molar-refractivity contribution < 1.29 is 9.63 Å². The fraction of sp³-hybridized carbons (Fsp3) is 0.500. The van der Waals surface area contributed by atoms with Crippen LogP contribution in [0, 0.1) is 0 Å². The highest BCUT2D eigenvalue weighted by atomic mass is 35.5. The monoisotopic (exact) mass is 214 g/mol. The quantitative estimate of drug-likeness (QED) is 0.431. The van der Waals surface area contributed by atoms with Crippen molar-refractivity contribution >= 4 is 37.4 Å². The molecule has 0 heterocycles. The Morgan fingerprint density at radius 1 is 1.55 bits per heavy atom. The van der Waals surface area contributed by atoms with Gasteiger partial charge in [0.05, 0.1) is 14.3 Å². The molecule has 1 N–H and O–H groups in total. The van der Waals surface area contributed by atoms with Gasteiger partial charge in [0.15, 0.2) is 6.29 Å². The van der Waals surface area contributed by atoms with Crippen LogP contribution in [0.3, 0.4) is 0 Å². The molecule has 0 aromatic carbocycles. The highest BCUT2D eigenvalue weighted by Crippen LogP contribution is 2.02. The summed E-state index contributed by atoms with van der Waals surface area (Å²) >= 11 is 10.6. The van der Waals surface area contributed by atoms with E-state index in [4.69, 9.17) is 32.8 Å². The van der Waals surface area contributed by atoms with Crippen LogP contribution in [-0.4, -0.2) is 29.0 Å². The van der Waals surface area contributed by atoms with Crippen LogP contribution in [0.5, 0.6) is 0 Å². The minimum absolute atomic E-state index is 0.0834. The molecule has 0 fully saturated rings. The van der Waals surface area contributed by atoms with Crippen molar-refractivity contribution in [3.63, 3.8) is 0 Å². The Morgan fingerprint density at radius 2 is 2.27 bits per heavy atom. The summed E-state index contributed by atoms with van der Waals surface area (Å²) in [6.07, 6.45) is 2.64. The Morgan fingerprint density at radius 3 is 2.82 bits per heavy atom. The van der Waals surface area contributed by atoms with Crippen molar-refractivity contribution in [1.82, 2.24) is 0 Å². The second-order valence-electron chi connectivity index (χ2n) is 1.55. The Bertz CT molecular complexity index is 139. The van der Waals surface area contributed by atoms with Gasteiger partial charge >= 0.3 is 0 Å². The summed E-state index contributed by atoms with van der Waals surface area (Å²) in [4.78, 5) is 0. The van der Waals surface area contributed by atoms with Crippen molar-refractivity contribution in [2.75, 3.05) is 11.8 Å². The van der Waals surface area contributed by atoms with Gasteiger partial charge < -0.3 is 5.11 Å². The van der Waals surface area contributed by atoms with Crippen LogP contribution in [0.25, 0.3) is 0 Å². The maximum Gasteiger partial charge on any atom is 0.177 e. The van der Waals surface area contributed by atoms with Gasteiger partial charge in [-0.2, -0.15) is 0 Å². The molecule has 64 valence electrons. The standard InChI is InChI=1S/C6H9Cl2O2P/c7-3-1-2-4-11-10-6(9)5-8/h1-2,4,6,9H,3,5H2. The lowest BCUT2D eigenvalue weighted by Gasteiger charge is -1.99. The van der Waals surface area contributed by atoms with E-state index in [1.165, 1.54) is 0 Å². The van der Waals surface area contributed by atoms with E-state index in [0.717, 1.165) is 0 Å². The molecule has 1 atom stereocenters. The smallest absolute Gasteiger partial charge is 0.177 e. The first-order valence-corrected chi connectivity index (χ1v) is 4.90. The van der Waals surface area contributed by atoms with Gasteiger partial charge in [-0.15, -0.1) is 23.2 Å². The Hall–Kier alpha value is 0.410. The van der Waals surface area contributed by atoms with Crippen LogP contribution in [-0.2, 0) is 4.52 Å². The molecule has 0 spiro atoms. The van der Waals surface area contributed by atoms with Gasteiger partial charge in [-0.25, -0.2) is 0 Å². The van der Waals surface area contributed by atoms with Crippen LogP contribution < -0.4 is 0 Å². The van der Waals surface area contributed by atoms with Crippen LogP contribution >= 0.6 is 31.6 Å². The van der Waals surface area contributed by atoms with Crippen LogP contribution in [0.4, 0.5) is 0 Å². The average Bonchev–Trinajstić information content (AvgIpc) is 2.04. The predicted molar refractivity (Wildman–Crippen MR) is 50.7 cm³/mol. The molecular weight excluding hydrogens is 206 g/mol. The molecule has 1 unspecified atom stereocenters. The van der Waals surface area contributed by atoms with E-state index in [9.17, 15) is 0 Å². The third-order valence-electron chi connectivity index (χ3n) is 0.687. The molecule has 0 bridgehead atoms. The van der Waals surface area contributed by atoms with E-state index in [1.54, 1.807) is 17.9 Å². The number of rotatable bonds is 5. The molecule has 0 saturated heterocycles. The first-order chi connectivity index (χ1) is 5.31. The maximum absolute atomic E-state index is 8.78. The topological polar surface area (TPSA) is 29.5 Å². The van der Waals surface area contributed by atoms with Gasteiger partial charge in [0, 0.05) is 5.88 Å². The van der Waals surface area contributed by atoms with Crippen molar-refractivity contribution in [2.24, 2.45) is 0 Å². The summed E-state index contributed by atoms with van der Waals surface area (Å²) in [5.74, 6) is 2.28. The van der Waals surface area contributed by atoms with E-state index in [0.29, 0.717) is 14.3 Å². The molecule has 11 heavy (non-hydrogen) atoms. The van der Waals surface area contributed by atoms with Crippen molar-refractivity contribution in [2.45, 2.75) is 6.29 Å². The lowest BCUT2D eigenvalue weighted by Crippen LogP contribution is -2.06. The molecule has 5 heteroatoms. The van der Waals surface area contributed by atoms with E-state index >= 15 is 0 Å². The lowest BCUT2D eigenvalue weighted by molar-refractivity contribution is 0.0177. The van der Waals surface area contributed by atoms with Gasteiger partial charge in [0.2, 0.25) is 0 Å². The number of allylic oxidation sites excluding steroid dienone is 2. The van der Waals surface area contributed by atoms with E-state index < -0.39 is 6.29 Å². The molecule has 0 aromatic heterocycles. The normalized spacial score (nSPS) is 14.8. The lowest BCUT2D eigenvalue weighted by atomic mass is 10.6. The fourth-order valence-corrected chi connectivity index (χ4v) is 1.01. The third kappa shape index (κ3) is 8.32. The maximum atomic E-state index is 8.78. The first-order valence-electron chi connectivity index (χ1n) is 2.95. The molecule has 0 rings (SSSR count). The molecular formula is C6H9Cl2O2P. The number of hydrogen-bond acceptors (Lipinski definition) is 2. The van der Waals surface area contributed by atoms with Crippen LogP contribution in [0.15, 0.2) is 12.2 Å². The van der Waals surface area contributed by atoms with Crippen LogP contribution in [0.1, 0.15) is 0 Å². The number of alkyl halides is 2. The second-order valence-corrected chi connectivity index (χ2v) is 2.89. The molecule has 0 radical (unpaired) electrons. The molecule has 0 aliphatic carbocycles. The number of aliphatic hydroxyl groups is 1. The van der Waals surface area contributed by atoms with Gasteiger partial charge in [0.25, 0.3) is 0 Å². The molecule has 2 nitrogen and oxygen atoms in total. The zero-order chi connectivity index (χ0) is 8.53. The SMILES string of the molecule is OC(CCl)OP=CC=CCCl. The Labute approximate surface area is 77.6 Å². The highest BCUT2D eigenvalue weighted by Gasteiger charge is 1.96. The number of aliphatic hydroxyl groups excluding tert-OH is 1. The molecule has 0 aromatic rings. The van der Waals surface area contributed by atoms with Crippen LogP contribution in [0.2, 0.25) is 0 Å². The second kappa shape index (κ2) is 8.51. The minimum atomic E-state index is -0.890. The zero-order valence-corrected chi connectivity index (χ0v) is 8.19. The molecule has 0 saturated carbocycles. The van der Waals surface area contributed by atoms with Crippen molar-refractivity contribution in [3.05, 3.63) is 12.2 Å². The van der Waals surface area contributed by atoms with Gasteiger partial charge in [-0.05, 0) is 5.80 Å². The van der Waals surface area contributed by atoms with Gasteiger partial charge in [-0.1, -0.05) is 12.2 Å². The van der Waals surface area contributed by atoms with Gasteiger partial charge in [-0.3, -0.25) is 4.52 Å². The van der Waals surface area contributed by atoms with Crippen molar-refractivity contribution in [1.29, 1.82) is 0 Å². The third-order valence-corrected chi connectivity index (χ3v) is 1.79. The van der Waals surface area contributed by atoms with Gasteiger partial charge in [0.1, 0.15) is 0 Å². The summed E-state index contributed by atoms with van der Waals surface area (Å²) in [6.45, 7) is 0. The van der Waals surface area contributed by atoms with E-state index in [1.807, 2.05) is 0 Å². The zero-order valence-electron chi connectivity index (χ0n) is 5.78.